The lowest BCUT2D eigenvalue weighted by atomic mass is 10.1. The van der Waals surface area contributed by atoms with E-state index in [-0.39, 0.29) is 30.8 Å². The number of likely N-dealkylation sites (N-methyl/N-ethyl adjacent to an activating group) is 1. The number of carbonyl (C=O) groups is 1. The number of hydrogen-bond donors (Lipinski definition) is 1. The number of carboxylic acids is 1. The van der Waals surface area contributed by atoms with Crippen LogP contribution in [0, 0.1) is 5.82 Å². The van der Waals surface area contributed by atoms with Gasteiger partial charge < -0.3 is 5.11 Å². The zero-order valence-electron chi connectivity index (χ0n) is 13.7. The summed E-state index contributed by atoms with van der Waals surface area (Å²) in [6.07, 6.45) is 2.99. The Morgan fingerprint density at radius 3 is 2.83 bits per heavy atom. The van der Waals surface area contributed by atoms with Gasteiger partial charge in [0.25, 0.3) is 0 Å². The smallest absolute Gasteiger partial charge is 0.317 e. The van der Waals surface area contributed by atoms with Crippen LogP contribution < -0.4 is 0 Å². The summed E-state index contributed by atoms with van der Waals surface area (Å²) in [5.41, 5.74) is 0.998. The van der Waals surface area contributed by atoms with Gasteiger partial charge in [0.15, 0.2) is 0 Å². The van der Waals surface area contributed by atoms with E-state index < -0.39 is 5.97 Å². The van der Waals surface area contributed by atoms with E-state index >= 15 is 0 Å². The number of hydrogen-bond acceptors (Lipinski definition) is 3. The normalized spacial score (nSPS) is 20.6. The summed E-state index contributed by atoms with van der Waals surface area (Å²) >= 11 is 0. The zero-order chi connectivity index (χ0) is 16.1. The molecule has 23 heavy (non-hydrogen) atoms. The number of nitrogens with zero attached hydrogens (tertiary/aromatic N) is 2. The Kier molecular flexibility index (Phi) is 7.95. The Balaban J connectivity index is 0.00000264. The van der Waals surface area contributed by atoms with Crippen LogP contribution >= 0.6 is 12.4 Å². The summed E-state index contributed by atoms with van der Waals surface area (Å²) in [6.45, 7) is 4.07. The first-order chi connectivity index (χ1) is 10.5. The second kappa shape index (κ2) is 9.21. The molecule has 1 fully saturated rings. The molecule has 2 unspecified atom stereocenters. The zero-order valence-corrected chi connectivity index (χ0v) is 14.6. The Hall–Kier alpha value is -1.17. The van der Waals surface area contributed by atoms with Crippen LogP contribution in [0.25, 0.3) is 0 Å². The molecule has 0 saturated carbocycles. The van der Waals surface area contributed by atoms with Crippen LogP contribution in [0.15, 0.2) is 24.3 Å². The Morgan fingerprint density at radius 1 is 1.43 bits per heavy atom. The van der Waals surface area contributed by atoms with Crippen LogP contribution in [0.2, 0.25) is 0 Å². The van der Waals surface area contributed by atoms with Crippen molar-refractivity contribution >= 4 is 18.4 Å². The minimum absolute atomic E-state index is 0. The second-order valence-electron chi connectivity index (χ2n) is 6.16. The van der Waals surface area contributed by atoms with Gasteiger partial charge in [0.05, 0.1) is 6.54 Å². The first-order valence-corrected chi connectivity index (χ1v) is 7.89. The maximum absolute atomic E-state index is 13.4. The van der Waals surface area contributed by atoms with Crippen molar-refractivity contribution in [2.75, 3.05) is 26.7 Å². The first kappa shape index (κ1) is 19.9. The summed E-state index contributed by atoms with van der Waals surface area (Å²) in [5.74, 6) is -0.977. The van der Waals surface area contributed by atoms with Gasteiger partial charge in [-0.1, -0.05) is 12.1 Å². The molecule has 1 heterocycles. The summed E-state index contributed by atoms with van der Waals surface area (Å²) in [6, 6.07) is 7.27. The number of aliphatic carboxylic acids is 1. The number of carboxylic acid groups (broad SMARTS) is 1. The lowest BCUT2D eigenvalue weighted by Crippen LogP contribution is -2.36. The molecule has 0 bridgehead atoms. The molecule has 0 aromatic heterocycles. The molecule has 1 aliphatic rings. The molecule has 0 amide bonds. The SMILES string of the molecule is CC(c1cccc(F)c1)N1CCCC(N(C)CC(=O)O)CC1.Cl. The first-order valence-electron chi connectivity index (χ1n) is 7.89. The predicted octanol–water partition coefficient (Wildman–Crippen LogP) is 3.18. The Labute approximate surface area is 143 Å². The highest BCUT2D eigenvalue weighted by molar-refractivity contribution is 5.85. The third kappa shape index (κ3) is 5.75. The van der Waals surface area contributed by atoms with Crippen molar-refractivity contribution in [3.05, 3.63) is 35.6 Å². The van der Waals surface area contributed by atoms with E-state index in [1.165, 1.54) is 6.07 Å². The highest BCUT2D eigenvalue weighted by Crippen LogP contribution is 2.25. The third-order valence-electron chi connectivity index (χ3n) is 4.62. The van der Waals surface area contributed by atoms with Gasteiger partial charge in [0, 0.05) is 18.6 Å². The van der Waals surface area contributed by atoms with Crippen molar-refractivity contribution in [1.82, 2.24) is 9.80 Å². The predicted molar refractivity (Wildman–Crippen MR) is 91.5 cm³/mol. The number of rotatable bonds is 5. The summed E-state index contributed by atoms with van der Waals surface area (Å²) < 4.78 is 13.4. The third-order valence-corrected chi connectivity index (χ3v) is 4.62. The van der Waals surface area contributed by atoms with Gasteiger partial charge in [-0.15, -0.1) is 12.4 Å². The molecule has 130 valence electrons. The average Bonchev–Trinajstić information content (AvgIpc) is 2.71. The van der Waals surface area contributed by atoms with Crippen LogP contribution in [0.4, 0.5) is 4.39 Å². The fraction of sp³-hybridized carbons (Fsp3) is 0.588. The Bertz CT molecular complexity index is 515. The van der Waals surface area contributed by atoms with E-state index in [1.54, 1.807) is 12.1 Å². The standard InChI is InChI=1S/C17H25FN2O2.ClH/c1-13(14-5-3-6-15(18)11-14)20-9-4-7-16(8-10-20)19(2)12-17(21)22;/h3,5-6,11,13,16H,4,7-10,12H2,1-2H3,(H,21,22);1H. The topological polar surface area (TPSA) is 43.8 Å². The molecule has 0 radical (unpaired) electrons. The monoisotopic (exact) mass is 344 g/mol. The molecule has 0 aliphatic carbocycles. The van der Waals surface area contributed by atoms with Crippen LogP contribution in [-0.4, -0.2) is 53.6 Å². The van der Waals surface area contributed by atoms with Crippen LogP contribution in [0.5, 0.6) is 0 Å². The lowest BCUT2D eigenvalue weighted by molar-refractivity contribution is -0.138. The molecule has 1 N–H and O–H groups in total. The molecule has 1 aromatic carbocycles. The van der Waals surface area contributed by atoms with E-state index in [0.29, 0.717) is 6.04 Å². The molecule has 0 spiro atoms. The molecular weight excluding hydrogens is 319 g/mol. The van der Waals surface area contributed by atoms with E-state index in [1.807, 2.05) is 18.0 Å². The van der Waals surface area contributed by atoms with Crippen molar-refractivity contribution in [1.29, 1.82) is 0 Å². The van der Waals surface area contributed by atoms with Crippen molar-refractivity contribution in [2.45, 2.75) is 38.3 Å². The van der Waals surface area contributed by atoms with Crippen LogP contribution in [-0.2, 0) is 4.79 Å². The summed E-state index contributed by atoms with van der Waals surface area (Å²) in [4.78, 5) is 15.1. The summed E-state index contributed by atoms with van der Waals surface area (Å²) in [7, 11) is 1.88. The van der Waals surface area contributed by atoms with Crippen molar-refractivity contribution in [2.24, 2.45) is 0 Å². The number of benzene rings is 1. The van der Waals surface area contributed by atoms with Gasteiger partial charge in [-0.05, 0) is 57.5 Å². The Morgan fingerprint density at radius 2 is 2.17 bits per heavy atom. The van der Waals surface area contributed by atoms with Gasteiger partial charge in [0.2, 0.25) is 0 Å². The fourth-order valence-corrected chi connectivity index (χ4v) is 3.25. The van der Waals surface area contributed by atoms with Gasteiger partial charge >= 0.3 is 5.97 Å². The van der Waals surface area contributed by atoms with Gasteiger partial charge in [-0.25, -0.2) is 4.39 Å². The van der Waals surface area contributed by atoms with Crippen molar-refractivity contribution in [3.8, 4) is 0 Å². The van der Waals surface area contributed by atoms with E-state index in [2.05, 4.69) is 11.8 Å². The molecular formula is C17H26ClFN2O2. The van der Waals surface area contributed by atoms with Crippen molar-refractivity contribution in [3.63, 3.8) is 0 Å². The highest BCUT2D eigenvalue weighted by Gasteiger charge is 2.24. The summed E-state index contributed by atoms with van der Waals surface area (Å²) in [5, 5.41) is 8.91. The maximum atomic E-state index is 13.4. The average molecular weight is 345 g/mol. The van der Waals surface area contributed by atoms with Gasteiger partial charge in [0.1, 0.15) is 5.82 Å². The molecule has 4 nitrogen and oxygen atoms in total. The van der Waals surface area contributed by atoms with Gasteiger partial charge in [-0.3, -0.25) is 14.6 Å². The minimum atomic E-state index is -0.781. The van der Waals surface area contributed by atoms with E-state index in [9.17, 15) is 9.18 Å². The van der Waals surface area contributed by atoms with Crippen LogP contribution in [0.1, 0.15) is 37.8 Å². The number of halogens is 2. The highest BCUT2D eigenvalue weighted by atomic mass is 35.5. The minimum Gasteiger partial charge on any atom is -0.480 e. The largest absolute Gasteiger partial charge is 0.480 e. The quantitative estimate of drug-likeness (QED) is 0.891. The van der Waals surface area contributed by atoms with Gasteiger partial charge in [-0.2, -0.15) is 0 Å². The number of likely N-dealkylation sites (tertiary alicyclic amines) is 1. The lowest BCUT2D eigenvalue weighted by Gasteiger charge is -2.29. The molecule has 2 rings (SSSR count). The van der Waals surface area contributed by atoms with E-state index in [0.717, 1.165) is 37.9 Å². The molecule has 1 aromatic rings. The second-order valence-corrected chi connectivity index (χ2v) is 6.16. The molecule has 1 aliphatic heterocycles. The maximum Gasteiger partial charge on any atom is 0.317 e. The molecule has 2 atom stereocenters. The molecule has 1 saturated heterocycles. The molecule has 6 heteroatoms. The van der Waals surface area contributed by atoms with Crippen molar-refractivity contribution < 1.29 is 14.3 Å². The van der Waals surface area contributed by atoms with E-state index in [4.69, 9.17) is 5.11 Å². The fourth-order valence-electron chi connectivity index (χ4n) is 3.25. The van der Waals surface area contributed by atoms with Crippen LogP contribution in [0.3, 0.4) is 0 Å².